The monoisotopic (exact) mass is 223 g/mol. The lowest BCUT2D eigenvalue weighted by Gasteiger charge is -2.19. The Kier molecular flexibility index (Phi) is 1.87. The highest BCUT2D eigenvalue weighted by Gasteiger charge is 2.60. The van der Waals surface area contributed by atoms with E-state index in [-0.39, 0.29) is 23.7 Å². The zero-order chi connectivity index (χ0) is 11.4. The average molecular weight is 223 g/mol. The van der Waals surface area contributed by atoms with Crippen LogP contribution in [0.25, 0.3) is 0 Å². The number of nitrogens with zero attached hydrogens (tertiary/aromatic N) is 1. The molecule has 16 heavy (non-hydrogen) atoms. The third-order valence-electron chi connectivity index (χ3n) is 4.31. The maximum Gasteiger partial charge on any atom is 0.323 e. The van der Waals surface area contributed by atoms with E-state index in [9.17, 15) is 14.4 Å². The van der Waals surface area contributed by atoms with Crippen molar-refractivity contribution in [1.29, 1.82) is 0 Å². The summed E-state index contributed by atoms with van der Waals surface area (Å²) >= 11 is 0. The smallest absolute Gasteiger partial charge is 0.323 e. The lowest BCUT2D eigenvalue weighted by Crippen LogP contribution is -2.37. The van der Waals surface area contributed by atoms with Crippen LogP contribution in [0.4, 0.5) is 0 Å². The fourth-order valence-corrected chi connectivity index (χ4v) is 3.76. The molecular formula is C11H13NO4. The second-order valence-corrected chi connectivity index (χ2v) is 5.04. The Bertz CT molecular complexity index is 363. The molecule has 1 heterocycles. The minimum atomic E-state index is -1.12. The number of rotatable bonds is 2. The molecule has 5 nitrogen and oxygen atoms in total. The Morgan fingerprint density at radius 1 is 1.19 bits per heavy atom. The Morgan fingerprint density at radius 3 is 2.12 bits per heavy atom. The summed E-state index contributed by atoms with van der Waals surface area (Å²) in [5.41, 5.74) is 0. The fourth-order valence-electron chi connectivity index (χ4n) is 3.76. The second-order valence-electron chi connectivity index (χ2n) is 5.04. The summed E-state index contributed by atoms with van der Waals surface area (Å²) in [5.74, 6) is -1.37. The van der Waals surface area contributed by atoms with Crippen LogP contribution in [0.15, 0.2) is 0 Å². The molecule has 0 aromatic rings. The predicted molar refractivity (Wildman–Crippen MR) is 52.2 cm³/mol. The van der Waals surface area contributed by atoms with Crippen LogP contribution in [0, 0.1) is 23.7 Å². The van der Waals surface area contributed by atoms with Crippen molar-refractivity contribution >= 4 is 17.8 Å². The summed E-state index contributed by atoms with van der Waals surface area (Å²) in [7, 11) is 0. The third-order valence-corrected chi connectivity index (χ3v) is 4.31. The molecule has 3 aliphatic rings. The zero-order valence-electron chi connectivity index (χ0n) is 8.76. The molecule has 2 aliphatic carbocycles. The zero-order valence-corrected chi connectivity index (χ0v) is 8.76. The molecule has 1 saturated heterocycles. The number of carbonyl (C=O) groups is 3. The molecule has 86 valence electrons. The van der Waals surface area contributed by atoms with E-state index < -0.39 is 12.5 Å². The van der Waals surface area contributed by atoms with E-state index in [0.29, 0.717) is 11.8 Å². The number of hydrogen-bond acceptors (Lipinski definition) is 3. The quantitative estimate of drug-likeness (QED) is 0.674. The van der Waals surface area contributed by atoms with Crippen LogP contribution >= 0.6 is 0 Å². The SMILES string of the molecule is O=C(O)CN1C(=O)[C@@H]2[C@H]3CC[C@H](C3)[C@@H]2C1=O. The first-order chi connectivity index (χ1) is 7.59. The van der Waals surface area contributed by atoms with E-state index in [1.807, 2.05) is 0 Å². The van der Waals surface area contributed by atoms with Gasteiger partial charge in [0.25, 0.3) is 0 Å². The van der Waals surface area contributed by atoms with Gasteiger partial charge < -0.3 is 5.11 Å². The van der Waals surface area contributed by atoms with Crippen molar-refractivity contribution in [1.82, 2.24) is 4.90 Å². The number of hydrogen-bond donors (Lipinski definition) is 1. The van der Waals surface area contributed by atoms with Gasteiger partial charge in [0.05, 0.1) is 11.8 Å². The molecule has 0 radical (unpaired) electrons. The highest BCUT2D eigenvalue weighted by Crippen LogP contribution is 2.55. The molecule has 3 fully saturated rings. The number of carboxylic acid groups (broad SMARTS) is 1. The molecule has 2 bridgehead atoms. The van der Waals surface area contributed by atoms with E-state index >= 15 is 0 Å². The Labute approximate surface area is 92.4 Å². The maximum absolute atomic E-state index is 12.0. The standard InChI is InChI=1S/C11H13NO4/c13-7(14)4-12-10(15)8-5-1-2-6(3-5)9(8)11(12)16/h5-6,8-9H,1-4H2,(H,13,14)/t5-,6+,8+,9-. The first-order valence-corrected chi connectivity index (χ1v) is 5.66. The molecule has 2 saturated carbocycles. The van der Waals surface area contributed by atoms with E-state index in [0.717, 1.165) is 24.2 Å². The molecule has 0 spiro atoms. The van der Waals surface area contributed by atoms with Crippen LogP contribution in [0.1, 0.15) is 19.3 Å². The van der Waals surface area contributed by atoms with Gasteiger partial charge in [-0.1, -0.05) is 0 Å². The molecular weight excluding hydrogens is 210 g/mol. The first kappa shape index (κ1) is 9.81. The molecule has 0 aromatic heterocycles. The van der Waals surface area contributed by atoms with Gasteiger partial charge in [-0.15, -0.1) is 0 Å². The van der Waals surface area contributed by atoms with Crippen LogP contribution in [-0.4, -0.2) is 34.3 Å². The molecule has 4 atom stereocenters. The van der Waals surface area contributed by atoms with Crippen molar-refractivity contribution < 1.29 is 19.5 Å². The summed E-state index contributed by atoms with van der Waals surface area (Å²) in [6, 6.07) is 0. The Balaban J connectivity index is 1.89. The van der Waals surface area contributed by atoms with Gasteiger partial charge >= 0.3 is 5.97 Å². The largest absolute Gasteiger partial charge is 0.480 e. The summed E-state index contributed by atoms with van der Waals surface area (Å²) in [4.78, 5) is 35.5. The van der Waals surface area contributed by atoms with Gasteiger partial charge in [0.2, 0.25) is 11.8 Å². The van der Waals surface area contributed by atoms with Gasteiger partial charge in [0.1, 0.15) is 6.54 Å². The molecule has 5 heteroatoms. The fraction of sp³-hybridized carbons (Fsp3) is 0.727. The normalized spacial score (nSPS) is 40.6. The summed E-state index contributed by atoms with van der Waals surface area (Å²) in [5, 5.41) is 8.67. The molecule has 0 unspecified atom stereocenters. The number of fused-ring (bicyclic) bond motifs is 5. The van der Waals surface area contributed by atoms with Crippen molar-refractivity contribution in [3.63, 3.8) is 0 Å². The number of likely N-dealkylation sites (tertiary alicyclic amines) is 1. The van der Waals surface area contributed by atoms with Crippen molar-refractivity contribution in [2.75, 3.05) is 6.54 Å². The number of aliphatic carboxylic acids is 1. The number of carboxylic acids is 1. The lowest BCUT2D eigenvalue weighted by molar-refractivity contribution is -0.149. The van der Waals surface area contributed by atoms with Crippen molar-refractivity contribution in [2.24, 2.45) is 23.7 Å². The minimum Gasteiger partial charge on any atom is -0.480 e. The van der Waals surface area contributed by atoms with E-state index in [2.05, 4.69) is 0 Å². The first-order valence-electron chi connectivity index (χ1n) is 5.66. The predicted octanol–water partition coefficient (Wildman–Crippen LogP) is 0.102. The van der Waals surface area contributed by atoms with Crippen LogP contribution in [0.3, 0.4) is 0 Å². The second kappa shape index (κ2) is 3.06. The molecule has 1 aliphatic heterocycles. The molecule has 1 N–H and O–H groups in total. The summed E-state index contributed by atoms with van der Waals surface area (Å²) in [6.07, 6.45) is 3.02. The van der Waals surface area contributed by atoms with Crippen LogP contribution in [0.2, 0.25) is 0 Å². The van der Waals surface area contributed by atoms with Gasteiger partial charge in [-0.2, -0.15) is 0 Å². The lowest BCUT2D eigenvalue weighted by atomic mass is 9.81. The van der Waals surface area contributed by atoms with Gasteiger partial charge in [0, 0.05) is 0 Å². The van der Waals surface area contributed by atoms with Crippen LogP contribution in [-0.2, 0) is 14.4 Å². The number of amides is 2. The van der Waals surface area contributed by atoms with Gasteiger partial charge in [-0.25, -0.2) is 0 Å². The molecule has 2 amide bonds. The summed E-state index contributed by atoms with van der Waals surface area (Å²) < 4.78 is 0. The number of imide groups is 1. The molecule has 0 aromatic carbocycles. The third kappa shape index (κ3) is 1.08. The Morgan fingerprint density at radius 2 is 1.69 bits per heavy atom. The van der Waals surface area contributed by atoms with E-state index in [1.165, 1.54) is 0 Å². The van der Waals surface area contributed by atoms with Crippen LogP contribution < -0.4 is 0 Å². The minimum absolute atomic E-state index is 0.203. The maximum atomic E-state index is 12.0. The van der Waals surface area contributed by atoms with Gasteiger partial charge in [-0.3, -0.25) is 19.3 Å². The summed E-state index contributed by atoms with van der Waals surface area (Å²) in [6.45, 7) is -0.468. The van der Waals surface area contributed by atoms with Crippen molar-refractivity contribution in [2.45, 2.75) is 19.3 Å². The highest BCUT2D eigenvalue weighted by molar-refractivity contribution is 6.07. The van der Waals surface area contributed by atoms with Crippen LogP contribution in [0.5, 0.6) is 0 Å². The average Bonchev–Trinajstić information content (AvgIpc) is 2.87. The van der Waals surface area contributed by atoms with Crippen molar-refractivity contribution in [3.05, 3.63) is 0 Å². The molecule has 3 rings (SSSR count). The number of carbonyl (C=O) groups excluding carboxylic acids is 2. The van der Waals surface area contributed by atoms with E-state index in [1.54, 1.807) is 0 Å². The highest BCUT2D eigenvalue weighted by atomic mass is 16.4. The van der Waals surface area contributed by atoms with Gasteiger partial charge in [0.15, 0.2) is 0 Å². The van der Waals surface area contributed by atoms with E-state index in [4.69, 9.17) is 5.11 Å². The van der Waals surface area contributed by atoms with Gasteiger partial charge in [-0.05, 0) is 31.1 Å². The van der Waals surface area contributed by atoms with Crippen molar-refractivity contribution in [3.8, 4) is 0 Å². The topological polar surface area (TPSA) is 74.7 Å². The Hall–Kier alpha value is -1.39.